The van der Waals surface area contributed by atoms with E-state index < -0.39 is 11.5 Å². The van der Waals surface area contributed by atoms with Crippen molar-refractivity contribution >= 4 is 5.91 Å². The van der Waals surface area contributed by atoms with Gasteiger partial charge >= 0.3 is 0 Å². The topological polar surface area (TPSA) is 60.8 Å². The van der Waals surface area contributed by atoms with E-state index in [0.29, 0.717) is 25.9 Å². The Balaban J connectivity index is 1.93. The van der Waals surface area contributed by atoms with Gasteiger partial charge in [0.2, 0.25) is 5.91 Å². The standard InChI is InChI=1S/C23H29NO3/c1-2-14-23(17-25)16-24(15-13-20(23)26)22(27)21(18-9-5-3-6-10-18)19-11-7-4-8-12-19/h3-12,20-21,25-26H,2,13-17H2,1H3/t20-,23-/m1/s1. The molecule has 27 heavy (non-hydrogen) atoms. The lowest BCUT2D eigenvalue weighted by molar-refractivity contribution is -0.143. The molecule has 1 aliphatic heterocycles. The number of carbonyl (C=O) groups is 1. The summed E-state index contributed by atoms with van der Waals surface area (Å²) < 4.78 is 0. The lowest BCUT2D eigenvalue weighted by Gasteiger charge is -2.46. The van der Waals surface area contributed by atoms with Crippen LogP contribution >= 0.6 is 0 Å². The van der Waals surface area contributed by atoms with E-state index in [4.69, 9.17) is 0 Å². The van der Waals surface area contributed by atoms with Crippen LogP contribution in [0.15, 0.2) is 60.7 Å². The molecule has 0 aliphatic carbocycles. The van der Waals surface area contributed by atoms with Gasteiger partial charge in [-0.05, 0) is 24.0 Å². The molecule has 4 heteroatoms. The fourth-order valence-corrected chi connectivity index (χ4v) is 4.27. The molecule has 1 saturated heterocycles. The molecular weight excluding hydrogens is 338 g/mol. The lowest BCUT2D eigenvalue weighted by Crippen LogP contribution is -2.56. The molecule has 1 aliphatic rings. The van der Waals surface area contributed by atoms with E-state index >= 15 is 0 Å². The molecule has 1 heterocycles. The molecule has 2 atom stereocenters. The average molecular weight is 367 g/mol. The Morgan fingerprint density at radius 2 is 1.67 bits per heavy atom. The Morgan fingerprint density at radius 3 is 2.15 bits per heavy atom. The number of piperidine rings is 1. The van der Waals surface area contributed by atoms with Gasteiger partial charge in [-0.25, -0.2) is 0 Å². The first kappa shape index (κ1) is 19.6. The third kappa shape index (κ3) is 4.07. The van der Waals surface area contributed by atoms with Crippen molar-refractivity contribution in [3.05, 3.63) is 71.8 Å². The molecule has 1 fully saturated rings. The molecule has 0 unspecified atom stereocenters. The maximum Gasteiger partial charge on any atom is 0.234 e. The monoisotopic (exact) mass is 367 g/mol. The van der Waals surface area contributed by atoms with E-state index in [2.05, 4.69) is 0 Å². The summed E-state index contributed by atoms with van der Waals surface area (Å²) in [5.41, 5.74) is 1.30. The second kappa shape index (κ2) is 8.68. The summed E-state index contributed by atoms with van der Waals surface area (Å²) in [6.45, 7) is 2.85. The minimum atomic E-state index is -0.624. The van der Waals surface area contributed by atoms with Crippen LogP contribution in [0.1, 0.15) is 43.2 Å². The van der Waals surface area contributed by atoms with E-state index in [1.54, 1.807) is 0 Å². The van der Waals surface area contributed by atoms with Gasteiger partial charge in [0.1, 0.15) is 0 Å². The normalized spacial score (nSPS) is 22.8. The zero-order valence-electron chi connectivity index (χ0n) is 15.9. The Morgan fingerprint density at radius 1 is 1.11 bits per heavy atom. The summed E-state index contributed by atoms with van der Waals surface area (Å²) >= 11 is 0. The minimum Gasteiger partial charge on any atom is -0.396 e. The number of likely N-dealkylation sites (tertiary alicyclic amines) is 1. The SMILES string of the molecule is CCC[C@]1(CO)CN(C(=O)C(c2ccccc2)c2ccccc2)CC[C@H]1O. The van der Waals surface area contributed by atoms with Crippen molar-refractivity contribution in [3.8, 4) is 0 Å². The maximum absolute atomic E-state index is 13.6. The molecule has 0 bridgehead atoms. The first-order chi connectivity index (χ1) is 13.1. The first-order valence-electron chi connectivity index (χ1n) is 9.79. The van der Waals surface area contributed by atoms with Gasteiger partial charge in [0.05, 0.1) is 18.6 Å². The highest BCUT2D eigenvalue weighted by atomic mass is 16.3. The van der Waals surface area contributed by atoms with E-state index in [1.165, 1.54) is 0 Å². The van der Waals surface area contributed by atoms with E-state index in [9.17, 15) is 15.0 Å². The number of carbonyl (C=O) groups excluding carboxylic acids is 1. The van der Waals surface area contributed by atoms with Gasteiger partial charge in [0.15, 0.2) is 0 Å². The molecule has 144 valence electrons. The van der Waals surface area contributed by atoms with Gasteiger partial charge in [0.25, 0.3) is 0 Å². The van der Waals surface area contributed by atoms with Crippen molar-refractivity contribution in [1.82, 2.24) is 4.90 Å². The summed E-state index contributed by atoms with van der Waals surface area (Å²) in [5, 5.41) is 20.5. The summed E-state index contributed by atoms with van der Waals surface area (Å²) in [6.07, 6.45) is 1.50. The number of benzene rings is 2. The van der Waals surface area contributed by atoms with Crippen molar-refractivity contribution in [1.29, 1.82) is 0 Å². The van der Waals surface area contributed by atoms with Crippen LogP contribution in [0.4, 0.5) is 0 Å². The average Bonchev–Trinajstić information content (AvgIpc) is 2.71. The highest BCUT2D eigenvalue weighted by molar-refractivity contribution is 5.87. The van der Waals surface area contributed by atoms with Crippen molar-refractivity contribution in [2.75, 3.05) is 19.7 Å². The molecule has 2 aromatic rings. The van der Waals surface area contributed by atoms with Gasteiger partial charge in [-0.1, -0.05) is 74.0 Å². The summed E-state index contributed by atoms with van der Waals surface area (Å²) in [5.74, 6) is -0.339. The number of hydrogen-bond donors (Lipinski definition) is 2. The molecule has 4 nitrogen and oxygen atoms in total. The van der Waals surface area contributed by atoms with Gasteiger partial charge in [-0.3, -0.25) is 4.79 Å². The van der Waals surface area contributed by atoms with Crippen LogP contribution < -0.4 is 0 Å². The summed E-state index contributed by atoms with van der Waals surface area (Å²) in [7, 11) is 0. The molecule has 2 aromatic carbocycles. The number of amides is 1. The third-order valence-electron chi connectivity index (χ3n) is 5.77. The van der Waals surface area contributed by atoms with Crippen molar-refractivity contribution in [2.45, 2.75) is 38.2 Å². The molecule has 3 rings (SSSR count). The van der Waals surface area contributed by atoms with Crippen molar-refractivity contribution < 1.29 is 15.0 Å². The fourth-order valence-electron chi connectivity index (χ4n) is 4.27. The van der Waals surface area contributed by atoms with E-state index in [0.717, 1.165) is 17.5 Å². The number of nitrogens with zero attached hydrogens (tertiary/aromatic N) is 1. The van der Waals surface area contributed by atoms with Crippen LogP contribution in [0.3, 0.4) is 0 Å². The Labute approximate surface area is 161 Å². The molecule has 0 aromatic heterocycles. The van der Waals surface area contributed by atoms with Crippen LogP contribution in [-0.4, -0.2) is 46.8 Å². The van der Waals surface area contributed by atoms with Gasteiger partial charge < -0.3 is 15.1 Å². The first-order valence-corrected chi connectivity index (χ1v) is 9.79. The Bertz CT molecular complexity index is 694. The zero-order chi connectivity index (χ0) is 19.3. The van der Waals surface area contributed by atoms with Gasteiger partial charge in [-0.2, -0.15) is 0 Å². The zero-order valence-corrected chi connectivity index (χ0v) is 15.9. The highest BCUT2D eigenvalue weighted by Crippen LogP contribution is 2.37. The fraction of sp³-hybridized carbons (Fsp3) is 0.435. The molecule has 1 amide bonds. The smallest absolute Gasteiger partial charge is 0.234 e. The number of aliphatic hydroxyl groups excluding tert-OH is 2. The summed E-state index contributed by atoms with van der Waals surface area (Å²) in [6, 6.07) is 19.7. The quantitative estimate of drug-likeness (QED) is 0.824. The van der Waals surface area contributed by atoms with Crippen LogP contribution in [0.5, 0.6) is 0 Å². The van der Waals surface area contributed by atoms with Gasteiger partial charge in [0, 0.05) is 18.5 Å². The second-order valence-corrected chi connectivity index (χ2v) is 7.59. The largest absolute Gasteiger partial charge is 0.396 e. The highest BCUT2D eigenvalue weighted by Gasteiger charge is 2.44. The van der Waals surface area contributed by atoms with Crippen LogP contribution in [-0.2, 0) is 4.79 Å². The molecule has 0 spiro atoms. The molecule has 0 saturated carbocycles. The van der Waals surface area contributed by atoms with E-state index in [-0.39, 0.29) is 18.4 Å². The van der Waals surface area contributed by atoms with Crippen LogP contribution in [0.25, 0.3) is 0 Å². The van der Waals surface area contributed by atoms with E-state index in [1.807, 2.05) is 72.5 Å². The van der Waals surface area contributed by atoms with Gasteiger partial charge in [-0.15, -0.1) is 0 Å². The maximum atomic E-state index is 13.6. The molecule has 2 N–H and O–H groups in total. The van der Waals surface area contributed by atoms with Crippen molar-refractivity contribution in [3.63, 3.8) is 0 Å². The summed E-state index contributed by atoms with van der Waals surface area (Å²) in [4.78, 5) is 15.4. The minimum absolute atomic E-state index is 0.0354. The molecular formula is C23H29NO3. The molecule has 0 radical (unpaired) electrons. The Kier molecular flexibility index (Phi) is 6.30. The second-order valence-electron chi connectivity index (χ2n) is 7.59. The van der Waals surface area contributed by atoms with Crippen LogP contribution in [0, 0.1) is 5.41 Å². The predicted octanol–water partition coefficient (Wildman–Crippen LogP) is 3.19. The number of aliphatic hydroxyl groups is 2. The number of hydrogen-bond acceptors (Lipinski definition) is 3. The third-order valence-corrected chi connectivity index (χ3v) is 5.77. The van der Waals surface area contributed by atoms with Crippen molar-refractivity contribution in [2.24, 2.45) is 5.41 Å². The number of rotatable bonds is 6. The predicted molar refractivity (Wildman–Crippen MR) is 106 cm³/mol. The van der Waals surface area contributed by atoms with Crippen LogP contribution in [0.2, 0.25) is 0 Å². The Hall–Kier alpha value is -2.17. The lowest BCUT2D eigenvalue weighted by atomic mass is 9.74.